The quantitative estimate of drug-likeness (QED) is 0.578. The molecule has 2 amide bonds. The van der Waals surface area contributed by atoms with Gasteiger partial charge >= 0.3 is 6.03 Å². The Labute approximate surface area is 208 Å². The highest BCUT2D eigenvalue weighted by atomic mass is 35.5. The number of carbonyl (C=O) groups is 1. The molecule has 8 nitrogen and oxygen atoms in total. The van der Waals surface area contributed by atoms with Gasteiger partial charge in [0.1, 0.15) is 17.7 Å². The van der Waals surface area contributed by atoms with E-state index in [1.165, 1.54) is 12.1 Å². The number of hydrogen-bond donors (Lipinski definition) is 1. The summed E-state index contributed by atoms with van der Waals surface area (Å²) in [5.74, 6) is 0.810. The first-order chi connectivity index (χ1) is 17.0. The van der Waals surface area contributed by atoms with Crippen molar-refractivity contribution in [2.45, 2.75) is 38.3 Å². The molecule has 35 heavy (non-hydrogen) atoms. The first kappa shape index (κ1) is 23.7. The molecule has 184 valence electrons. The Morgan fingerprint density at radius 3 is 2.89 bits per heavy atom. The Kier molecular flexibility index (Phi) is 6.97. The Hall–Kier alpha value is -3.04. The van der Waals surface area contributed by atoms with E-state index in [-0.39, 0.29) is 11.1 Å². The number of nitrogens with zero attached hydrogens (tertiary/aromatic N) is 5. The van der Waals surface area contributed by atoms with Crippen molar-refractivity contribution in [2.75, 3.05) is 19.8 Å². The molecule has 0 radical (unpaired) electrons. The summed E-state index contributed by atoms with van der Waals surface area (Å²) in [5.41, 5.74) is 3.14. The van der Waals surface area contributed by atoms with E-state index in [0.717, 1.165) is 49.6 Å². The summed E-state index contributed by atoms with van der Waals surface area (Å²) < 4.78 is 21.3. The van der Waals surface area contributed by atoms with Crippen LogP contribution in [0.1, 0.15) is 47.2 Å². The van der Waals surface area contributed by atoms with Crippen LogP contribution >= 0.6 is 11.6 Å². The second-order valence-electron chi connectivity index (χ2n) is 9.16. The Morgan fingerprint density at radius 2 is 2.14 bits per heavy atom. The molecular weight excluding hydrogens is 471 g/mol. The lowest BCUT2D eigenvalue weighted by Gasteiger charge is -2.30. The minimum atomic E-state index is -0.619. The zero-order chi connectivity index (χ0) is 24.4. The van der Waals surface area contributed by atoms with Gasteiger partial charge in [-0.3, -0.25) is 4.68 Å². The highest BCUT2D eigenvalue weighted by molar-refractivity contribution is 6.30. The number of aromatic nitrogens is 4. The molecule has 10 heteroatoms. The molecule has 2 aliphatic heterocycles. The van der Waals surface area contributed by atoms with E-state index in [0.29, 0.717) is 36.7 Å². The summed E-state index contributed by atoms with van der Waals surface area (Å²) in [5, 5.41) is 7.50. The summed E-state index contributed by atoms with van der Waals surface area (Å²) in [6, 6.07) is 5.45. The first-order valence-electron chi connectivity index (χ1n) is 11.9. The van der Waals surface area contributed by atoms with Crippen molar-refractivity contribution >= 4 is 17.6 Å². The van der Waals surface area contributed by atoms with Crippen LogP contribution in [-0.2, 0) is 31.2 Å². The predicted octanol–water partition coefficient (Wildman–Crippen LogP) is 3.83. The molecule has 0 spiro atoms. The van der Waals surface area contributed by atoms with Gasteiger partial charge < -0.3 is 15.0 Å². The van der Waals surface area contributed by atoms with Crippen LogP contribution in [0, 0.1) is 11.7 Å². The normalized spacial score (nSPS) is 17.2. The number of amides is 2. The largest absolute Gasteiger partial charge is 0.381 e. The van der Waals surface area contributed by atoms with Crippen LogP contribution in [0.2, 0.25) is 5.02 Å². The van der Waals surface area contributed by atoms with Crippen molar-refractivity contribution in [1.29, 1.82) is 0 Å². The van der Waals surface area contributed by atoms with Crippen LogP contribution in [0.3, 0.4) is 0 Å². The number of aryl methyl sites for hydroxylation is 1. The summed E-state index contributed by atoms with van der Waals surface area (Å²) in [6.07, 6.45) is 7.25. The van der Waals surface area contributed by atoms with E-state index in [4.69, 9.17) is 21.3 Å². The molecule has 2 aliphatic rings. The number of ether oxygens (including phenoxy) is 1. The number of hydrogen-bond acceptors (Lipinski definition) is 5. The molecule has 1 fully saturated rings. The van der Waals surface area contributed by atoms with Gasteiger partial charge in [0.2, 0.25) is 0 Å². The molecule has 1 N–H and O–H groups in total. The molecule has 4 heterocycles. The van der Waals surface area contributed by atoms with Gasteiger partial charge in [-0.15, -0.1) is 0 Å². The third-order valence-corrected chi connectivity index (χ3v) is 6.98. The van der Waals surface area contributed by atoms with Gasteiger partial charge in [0, 0.05) is 45.6 Å². The molecule has 1 saturated heterocycles. The molecule has 3 aromatic rings. The first-order valence-corrected chi connectivity index (χ1v) is 12.3. The van der Waals surface area contributed by atoms with Gasteiger partial charge in [-0.2, -0.15) is 5.10 Å². The number of carbonyl (C=O) groups excluding carboxylic acids is 1. The maximum Gasteiger partial charge on any atom is 0.318 e. The fourth-order valence-corrected chi connectivity index (χ4v) is 4.76. The van der Waals surface area contributed by atoms with Gasteiger partial charge in [0.15, 0.2) is 0 Å². The topological polar surface area (TPSA) is 85.2 Å². The summed E-state index contributed by atoms with van der Waals surface area (Å²) in [6.45, 7) is 2.52. The number of urea groups is 1. The zero-order valence-electron chi connectivity index (χ0n) is 19.6. The summed E-state index contributed by atoms with van der Waals surface area (Å²) in [4.78, 5) is 24.4. The third kappa shape index (κ3) is 5.46. The van der Waals surface area contributed by atoms with Crippen LogP contribution in [0.15, 0.2) is 36.7 Å². The van der Waals surface area contributed by atoms with Crippen molar-refractivity contribution < 1.29 is 13.9 Å². The maximum atomic E-state index is 14.2. The average Bonchev–Trinajstić information content (AvgIpc) is 3.30. The summed E-state index contributed by atoms with van der Waals surface area (Å²) in [7, 11) is 1.80. The lowest BCUT2D eigenvalue weighted by molar-refractivity contribution is 0.0659. The average molecular weight is 499 g/mol. The Morgan fingerprint density at radius 1 is 1.31 bits per heavy atom. The minimum Gasteiger partial charge on any atom is -0.381 e. The molecule has 1 aromatic carbocycles. The standard InChI is InChI=1S/C25H28ClFN6O2/c1-32-8-5-21(31-32)24(17-2-3-19(26)20(27)13-17)30-25(34)33-9-4-18-14-28-23(29-22(18)15-33)12-16-6-10-35-11-7-16/h2-3,5,8,13-14,16,24H,4,6-7,9-12,15H2,1H3,(H,30,34). The van der Waals surface area contributed by atoms with E-state index in [1.807, 2.05) is 6.20 Å². The third-order valence-electron chi connectivity index (χ3n) is 6.67. The molecular formula is C25H28ClFN6O2. The number of benzene rings is 1. The second-order valence-corrected chi connectivity index (χ2v) is 9.57. The van der Waals surface area contributed by atoms with E-state index in [1.54, 1.807) is 35.0 Å². The smallest absolute Gasteiger partial charge is 0.318 e. The van der Waals surface area contributed by atoms with E-state index >= 15 is 0 Å². The number of nitrogens with one attached hydrogen (secondary N) is 1. The van der Waals surface area contributed by atoms with Gasteiger partial charge in [-0.1, -0.05) is 17.7 Å². The molecule has 1 unspecified atom stereocenters. The molecule has 0 bridgehead atoms. The van der Waals surface area contributed by atoms with Crippen molar-refractivity contribution in [3.05, 3.63) is 75.8 Å². The lowest BCUT2D eigenvalue weighted by atomic mass is 9.96. The molecule has 0 saturated carbocycles. The molecule has 2 aromatic heterocycles. The minimum absolute atomic E-state index is 0.0312. The van der Waals surface area contributed by atoms with Gasteiger partial charge in [0.25, 0.3) is 0 Å². The van der Waals surface area contributed by atoms with Crippen molar-refractivity contribution in [2.24, 2.45) is 13.0 Å². The number of rotatable bonds is 5. The van der Waals surface area contributed by atoms with Crippen molar-refractivity contribution in [3.8, 4) is 0 Å². The number of halogens is 2. The highest BCUT2D eigenvalue weighted by Crippen LogP contribution is 2.26. The van der Waals surface area contributed by atoms with Gasteiger partial charge in [-0.05, 0) is 54.5 Å². The molecule has 1 atom stereocenters. The highest BCUT2D eigenvalue weighted by Gasteiger charge is 2.27. The maximum absolute atomic E-state index is 14.2. The molecule has 0 aliphatic carbocycles. The van der Waals surface area contributed by atoms with E-state index < -0.39 is 11.9 Å². The zero-order valence-corrected chi connectivity index (χ0v) is 20.3. The monoisotopic (exact) mass is 498 g/mol. The van der Waals surface area contributed by atoms with Crippen LogP contribution in [0.5, 0.6) is 0 Å². The van der Waals surface area contributed by atoms with Crippen LogP contribution in [0.25, 0.3) is 0 Å². The SMILES string of the molecule is Cn1ccc(C(NC(=O)N2CCc3cnc(CC4CCOCC4)nc3C2)c2ccc(Cl)c(F)c2)n1. The second kappa shape index (κ2) is 10.3. The fourth-order valence-electron chi connectivity index (χ4n) is 4.65. The molecule has 5 rings (SSSR count). The van der Waals surface area contributed by atoms with Crippen LogP contribution < -0.4 is 5.32 Å². The Bertz CT molecular complexity index is 1210. The number of fused-ring (bicyclic) bond motifs is 1. The lowest BCUT2D eigenvalue weighted by Crippen LogP contribution is -2.44. The summed E-state index contributed by atoms with van der Waals surface area (Å²) >= 11 is 5.88. The predicted molar refractivity (Wildman–Crippen MR) is 128 cm³/mol. The fraction of sp³-hybridized carbons (Fsp3) is 0.440. The van der Waals surface area contributed by atoms with Crippen molar-refractivity contribution in [3.63, 3.8) is 0 Å². The van der Waals surface area contributed by atoms with Crippen molar-refractivity contribution in [1.82, 2.24) is 30.0 Å². The van der Waals surface area contributed by atoms with Crippen LogP contribution in [0.4, 0.5) is 9.18 Å². The van der Waals surface area contributed by atoms with Gasteiger partial charge in [-0.25, -0.2) is 19.2 Å². The van der Waals surface area contributed by atoms with Crippen LogP contribution in [-0.4, -0.2) is 50.4 Å². The Balaban J connectivity index is 1.32. The van der Waals surface area contributed by atoms with Gasteiger partial charge in [0.05, 0.1) is 23.0 Å². The van der Waals surface area contributed by atoms with E-state index in [2.05, 4.69) is 15.4 Å². The van der Waals surface area contributed by atoms with E-state index in [9.17, 15) is 9.18 Å².